The standard InChI is InChI=1S/C15H22BNO4/c1-14(2,18)15(3,4)21-16(19)13-9-10-8-11(20-5)6-7-12(10)17-13/h6-9,17-19H,1-5H3. The molecule has 0 spiro atoms. The number of hydrogen-bond donors (Lipinski definition) is 3. The SMILES string of the molecule is COc1ccc2[nH]c(B(O)OC(C)(C)C(C)(C)O)cc2c1. The first-order chi connectivity index (χ1) is 9.64. The quantitative estimate of drug-likeness (QED) is 0.729. The van der Waals surface area contributed by atoms with Gasteiger partial charge in [-0.25, -0.2) is 0 Å². The molecule has 0 aliphatic rings. The van der Waals surface area contributed by atoms with Crippen LogP contribution in [0.25, 0.3) is 10.9 Å². The lowest BCUT2D eigenvalue weighted by molar-refractivity contribution is -0.0983. The lowest BCUT2D eigenvalue weighted by Gasteiger charge is -2.38. The molecule has 0 radical (unpaired) electrons. The zero-order valence-electron chi connectivity index (χ0n) is 13.1. The first kappa shape index (κ1) is 15.9. The topological polar surface area (TPSA) is 74.7 Å². The molecule has 0 bridgehead atoms. The van der Waals surface area contributed by atoms with Crippen molar-refractivity contribution in [3.63, 3.8) is 0 Å². The number of fused-ring (bicyclic) bond motifs is 1. The van der Waals surface area contributed by atoms with Gasteiger partial charge >= 0.3 is 7.12 Å². The summed E-state index contributed by atoms with van der Waals surface area (Å²) < 4.78 is 10.8. The molecule has 0 fully saturated rings. The summed E-state index contributed by atoms with van der Waals surface area (Å²) in [5.41, 5.74) is -0.560. The molecule has 0 saturated carbocycles. The van der Waals surface area contributed by atoms with Crippen molar-refractivity contribution in [1.82, 2.24) is 4.98 Å². The lowest BCUT2D eigenvalue weighted by Crippen LogP contribution is -2.53. The van der Waals surface area contributed by atoms with Gasteiger partial charge in [0.05, 0.1) is 18.3 Å². The van der Waals surface area contributed by atoms with Crippen molar-refractivity contribution in [2.45, 2.75) is 38.9 Å². The molecule has 0 aliphatic carbocycles. The van der Waals surface area contributed by atoms with Gasteiger partial charge in [-0.05, 0) is 52.0 Å². The van der Waals surface area contributed by atoms with Crippen LogP contribution < -0.4 is 10.3 Å². The molecule has 1 aromatic heterocycles. The van der Waals surface area contributed by atoms with Gasteiger partial charge in [-0.2, -0.15) is 0 Å². The minimum absolute atomic E-state index is 0.538. The average molecular weight is 291 g/mol. The summed E-state index contributed by atoms with van der Waals surface area (Å²) in [5, 5.41) is 21.3. The van der Waals surface area contributed by atoms with Crippen LogP contribution in [0.15, 0.2) is 24.3 Å². The molecule has 0 amide bonds. The largest absolute Gasteiger partial charge is 0.508 e. The number of hydrogen-bond acceptors (Lipinski definition) is 4. The van der Waals surface area contributed by atoms with E-state index in [1.165, 1.54) is 0 Å². The normalized spacial score (nSPS) is 12.7. The fraction of sp³-hybridized carbons (Fsp3) is 0.467. The molecule has 21 heavy (non-hydrogen) atoms. The van der Waals surface area contributed by atoms with E-state index in [0.29, 0.717) is 5.59 Å². The van der Waals surface area contributed by atoms with Crippen molar-refractivity contribution in [1.29, 1.82) is 0 Å². The summed E-state index contributed by atoms with van der Waals surface area (Å²) in [7, 11) is 0.461. The van der Waals surface area contributed by atoms with Crippen molar-refractivity contribution >= 4 is 23.6 Å². The van der Waals surface area contributed by atoms with Crippen LogP contribution in [0.2, 0.25) is 0 Å². The van der Waals surface area contributed by atoms with Gasteiger partial charge in [-0.1, -0.05) is 0 Å². The summed E-state index contributed by atoms with van der Waals surface area (Å²) in [4.78, 5) is 3.11. The van der Waals surface area contributed by atoms with Gasteiger partial charge in [0.15, 0.2) is 0 Å². The van der Waals surface area contributed by atoms with E-state index >= 15 is 0 Å². The van der Waals surface area contributed by atoms with E-state index in [1.807, 2.05) is 24.3 Å². The predicted octanol–water partition coefficient (Wildman–Crippen LogP) is 1.43. The fourth-order valence-electron chi connectivity index (χ4n) is 1.88. The third-order valence-electron chi connectivity index (χ3n) is 3.99. The highest BCUT2D eigenvalue weighted by molar-refractivity contribution is 6.59. The average Bonchev–Trinajstić information content (AvgIpc) is 2.79. The molecular weight excluding hydrogens is 269 g/mol. The van der Waals surface area contributed by atoms with Gasteiger partial charge < -0.3 is 24.5 Å². The third-order valence-corrected chi connectivity index (χ3v) is 3.99. The Morgan fingerprint density at radius 1 is 1.14 bits per heavy atom. The van der Waals surface area contributed by atoms with Gasteiger partial charge in [0.2, 0.25) is 0 Å². The van der Waals surface area contributed by atoms with Crippen LogP contribution in [0, 0.1) is 0 Å². The Morgan fingerprint density at radius 2 is 1.81 bits per heavy atom. The second kappa shape index (κ2) is 5.37. The molecule has 0 atom stereocenters. The van der Waals surface area contributed by atoms with E-state index in [-0.39, 0.29) is 0 Å². The number of aliphatic hydroxyl groups is 1. The van der Waals surface area contributed by atoms with Crippen LogP contribution in [-0.4, -0.2) is 40.5 Å². The smallest absolute Gasteiger partial charge is 0.497 e. The van der Waals surface area contributed by atoms with Crippen LogP contribution in [0.4, 0.5) is 0 Å². The van der Waals surface area contributed by atoms with Crippen LogP contribution in [0.5, 0.6) is 5.75 Å². The Bertz CT molecular complexity index is 630. The first-order valence-electron chi connectivity index (χ1n) is 6.89. The lowest BCUT2D eigenvalue weighted by atomic mass is 9.80. The molecule has 6 heteroatoms. The van der Waals surface area contributed by atoms with E-state index in [4.69, 9.17) is 9.39 Å². The van der Waals surface area contributed by atoms with E-state index < -0.39 is 18.3 Å². The fourth-order valence-corrected chi connectivity index (χ4v) is 1.88. The summed E-state index contributed by atoms with van der Waals surface area (Å²) in [6, 6.07) is 7.41. The van der Waals surface area contributed by atoms with Crippen LogP contribution in [0.3, 0.4) is 0 Å². The zero-order chi connectivity index (χ0) is 15.8. The first-order valence-corrected chi connectivity index (χ1v) is 6.89. The second-order valence-electron chi connectivity index (χ2n) is 6.22. The van der Waals surface area contributed by atoms with Gasteiger partial charge in [0.1, 0.15) is 5.75 Å². The summed E-state index contributed by atoms with van der Waals surface area (Å²) in [6.45, 7) is 6.77. The highest BCUT2D eigenvalue weighted by atomic mass is 16.5. The van der Waals surface area contributed by atoms with E-state index in [2.05, 4.69) is 4.98 Å². The maximum atomic E-state index is 10.3. The second-order valence-corrected chi connectivity index (χ2v) is 6.22. The number of methoxy groups -OCH3 is 1. The van der Waals surface area contributed by atoms with Gasteiger partial charge in [-0.15, -0.1) is 0 Å². The van der Waals surface area contributed by atoms with E-state index in [9.17, 15) is 10.1 Å². The molecule has 0 saturated heterocycles. The minimum atomic E-state index is -1.15. The molecular formula is C15H22BNO4. The van der Waals surface area contributed by atoms with Crippen molar-refractivity contribution in [2.75, 3.05) is 7.11 Å². The number of H-pyrrole nitrogens is 1. The molecule has 1 heterocycles. The van der Waals surface area contributed by atoms with Crippen molar-refractivity contribution in [3.05, 3.63) is 24.3 Å². The molecule has 114 valence electrons. The van der Waals surface area contributed by atoms with Gasteiger partial charge in [-0.3, -0.25) is 0 Å². The Labute approximate surface area is 125 Å². The van der Waals surface area contributed by atoms with Gasteiger partial charge in [0.25, 0.3) is 0 Å². The molecule has 2 aromatic rings. The van der Waals surface area contributed by atoms with Crippen LogP contribution in [0.1, 0.15) is 27.7 Å². The highest BCUT2D eigenvalue weighted by Gasteiger charge is 2.39. The zero-order valence-corrected chi connectivity index (χ0v) is 13.1. The number of aromatic amines is 1. The summed E-state index contributed by atoms with van der Waals surface area (Å²) in [6.07, 6.45) is 0. The molecule has 3 N–H and O–H groups in total. The molecule has 0 unspecified atom stereocenters. The van der Waals surface area contributed by atoms with Crippen LogP contribution >= 0.6 is 0 Å². The predicted molar refractivity (Wildman–Crippen MR) is 83.9 cm³/mol. The Kier molecular flexibility index (Phi) is 4.06. The molecule has 5 nitrogen and oxygen atoms in total. The number of nitrogens with one attached hydrogen (secondary N) is 1. The van der Waals surface area contributed by atoms with E-state index in [0.717, 1.165) is 16.7 Å². The number of ether oxygens (including phenoxy) is 1. The highest BCUT2D eigenvalue weighted by Crippen LogP contribution is 2.25. The van der Waals surface area contributed by atoms with Gasteiger partial charge in [0, 0.05) is 16.5 Å². The Morgan fingerprint density at radius 3 is 2.38 bits per heavy atom. The van der Waals surface area contributed by atoms with Crippen molar-refractivity contribution in [2.24, 2.45) is 0 Å². The molecule has 1 aromatic carbocycles. The van der Waals surface area contributed by atoms with Crippen molar-refractivity contribution < 1.29 is 19.5 Å². The summed E-state index contributed by atoms with van der Waals surface area (Å²) in [5.74, 6) is 0.750. The van der Waals surface area contributed by atoms with E-state index in [1.54, 1.807) is 34.8 Å². The summed E-state index contributed by atoms with van der Waals surface area (Å²) >= 11 is 0. The molecule has 0 aliphatic heterocycles. The number of benzene rings is 1. The number of aromatic nitrogens is 1. The maximum absolute atomic E-state index is 10.3. The van der Waals surface area contributed by atoms with Crippen molar-refractivity contribution in [3.8, 4) is 5.75 Å². The third kappa shape index (κ3) is 3.23. The Balaban J connectivity index is 2.25. The Hall–Kier alpha value is -1.50. The number of rotatable bonds is 5. The monoisotopic (exact) mass is 291 g/mol. The maximum Gasteiger partial charge on any atom is 0.508 e. The minimum Gasteiger partial charge on any atom is -0.497 e. The molecule has 2 rings (SSSR count). The van der Waals surface area contributed by atoms with Crippen LogP contribution in [-0.2, 0) is 4.65 Å².